The van der Waals surface area contributed by atoms with E-state index in [1.165, 1.54) is 15.8 Å². The zero-order valence-corrected chi connectivity index (χ0v) is 13.8. The molecule has 110 valence electrons. The highest BCUT2D eigenvalue weighted by Gasteiger charge is 2.03. The summed E-state index contributed by atoms with van der Waals surface area (Å²) in [5, 5.41) is 2.66. The predicted octanol–water partition coefficient (Wildman–Crippen LogP) is 5.75. The number of carbonyl (C=O) groups is 1. The predicted molar refractivity (Wildman–Crippen MR) is 93.8 cm³/mol. The quantitative estimate of drug-likeness (QED) is 0.341. The second-order valence-electron chi connectivity index (χ2n) is 4.39. The van der Waals surface area contributed by atoms with Crippen LogP contribution in [0.1, 0.15) is 4.88 Å². The number of rotatable bonds is 4. The maximum atomic E-state index is 11.8. The van der Waals surface area contributed by atoms with Crippen LogP contribution < -0.4 is 4.74 Å². The van der Waals surface area contributed by atoms with Gasteiger partial charge in [0, 0.05) is 25.7 Å². The third-order valence-electron chi connectivity index (χ3n) is 2.81. The summed E-state index contributed by atoms with van der Waals surface area (Å²) in [7, 11) is 0. The topological polar surface area (TPSA) is 26.3 Å². The molecule has 0 N–H and O–H groups in total. The van der Waals surface area contributed by atoms with Crippen LogP contribution in [-0.4, -0.2) is 5.97 Å². The molecule has 0 spiro atoms. The molecular weight excluding hydrogens is 336 g/mol. The Labute approximate surface area is 141 Å². The standard InChI is InChI=1S/C17H11ClO2S2/c18-12-3-5-13(6-4-12)20-17(19)10-8-14-7-9-16(22-14)15-2-1-11-21-15/h1-11H. The molecule has 22 heavy (non-hydrogen) atoms. The SMILES string of the molecule is O=C(C=Cc1ccc(-c2cccs2)s1)Oc1ccc(Cl)cc1. The second kappa shape index (κ2) is 6.92. The first kappa shape index (κ1) is 15.0. The van der Waals surface area contributed by atoms with E-state index in [0.717, 1.165) is 4.88 Å². The van der Waals surface area contributed by atoms with E-state index >= 15 is 0 Å². The lowest BCUT2D eigenvalue weighted by atomic mass is 10.3. The minimum Gasteiger partial charge on any atom is -0.423 e. The third kappa shape index (κ3) is 3.85. The van der Waals surface area contributed by atoms with Crippen LogP contribution in [0.15, 0.2) is 60.0 Å². The Morgan fingerprint density at radius 3 is 2.59 bits per heavy atom. The lowest BCUT2D eigenvalue weighted by Gasteiger charge is -2.00. The molecule has 0 bridgehead atoms. The van der Waals surface area contributed by atoms with E-state index in [0.29, 0.717) is 10.8 Å². The molecule has 0 saturated carbocycles. The summed E-state index contributed by atoms with van der Waals surface area (Å²) in [6, 6.07) is 14.8. The molecule has 3 aromatic rings. The van der Waals surface area contributed by atoms with Crippen LogP contribution >= 0.6 is 34.3 Å². The van der Waals surface area contributed by atoms with Crippen molar-refractivity contribution in [1.82, 2.24) is 0 Å². The van der Waals surface area contributed by atoms with Gasteiger partial charge in [0.1, 0.15) is 5.75 Å². The minimum atomic E-state index is -0.409. The summed E-state index contributed by atoms with van der Waals surface area (Å²) in [6.07, 6.45) is 3.19. The van der Waals surface area contributed by atoms with Crippen LogP contribution in [0.2, 0.25) is 5.02 Å². The number of esters is 1. The van der Waals surface area contributed by atoms with E-state index in [9.17, 15) is 4.79 Å². The number of carbonyl (C=O) groups excluding carboxylic acids is 1. The molecule has 0 amide bonds. The summed E-state index contributed by atoms with van der Waals surface area (Å²) in [4.78, 5) is 15.2. The Balaban J connectivity index is 1.64. The van der Waals surface area contributed by atoms with Crippen LogP contribution in [0, 0.1) is 0 Å². The average molecular weight is 347 g/mol. The third-order valence-corrected chi connectivity index (χ3v) is 5.17. The fraction of sp³-hybridized carbons (Fsp3) is 0. The van der Waals surface area contributed by atoms with Gasteiger partial charge in [-0.3, -0.25) is 0 Å². The van der Waals surface area contributed by atoms with Crippen molar-refractivity contribution in [2.45, 2.75) is 0 Å². The minimum absolute atomic E-state index is 0.409. The van der Waals surface area contributed by atoms with Gasteiger partial charge in [0.15, 0.2) is 0 Å². The Kier molecular flexibility index (Phi) is 4.73. The highest BCUT2D eigenvalue weighted by atomic mass is 35.5. The molecule has 0 aliphatic carbocycles. The van der Waals surface area contributed by atoms with Gasteiger partial charge in [0.05, 0.1) is 0 Å². The molecule has 0 unspecified atom stereocenters. The van der Waals surface area contributed by atoms with E-state index in [-0.39, 0.29) is 0 Å². The maximum Gasteiger partial charge on any atom is 0.336 e. The average Bonchev–Trinajstić information content (AvgIpc) is 3.18. The van der Waals surface area contributed by atoms with Crippen molar-refractivity contribution in [3.63, 3.8) is 0 Å². The molecule has 0 aliphatic rings. The van der Waals surface area contributed by atoms with Crippen LogP contribution in [0.25, 0.3) is 15.8 Å². The molecule has 1 aromatic carbocycles. The van der Waals surface area contributed by atoms with Gasteiger partial charge in [-0.2, -0.15) is 0 Å². The second-order valence-corrected chi connectivity index (χ2v) is 6.89. The van der Waals surface area contributed by atoms with Crippen molar-refractivity contribution in [3.05, 3.63) is 69.9 Å². The summed E-state index contributed by atoms with van der Waals surface area (Å²) < 4.78 is 5.19. The Morgan fingerprint density at radius 2 is 1.86 bits per heavy atom. The number of hydrogen-bond acceptors (Lipinski definition) is 4. The van der Waals surface area contributed by atoms with Gasteiger partial charge in [-0.1, -0.05) is 17.7 Å². The highest BCUT2D eigenvalue weighted by Crippen LogP contribution is 2.31. The van der Waals surface area contributed by atoms with E-state index in [1.54, 1.807) is 53.0 Å². The van der Waals surface area contributed by atoms with Crippen LogP contribution in [0.5, 0.6) is 5.75 Å². The van der Waals surface area contributed by atoms with E-state index < -0.39 is 5.97 Å². The molecule has 5 heteroatoms. The molecule has 0 radical (unpaired) electrons. The van der Waals surface area contributed by atoms with Crippen molar-refractivity contribution in [2.24, 2.45) is 0 Å². The van der Waals surface area contributed by atoms with Gasteiger partial charge in [-0.25, -0.2) is 4.79 Å². The largest absolute Gasteiger partial charge is 0.423 e. The van der Waals surface area contributed by atoms with Crippen molar-refractivity contribution in [3.8, 4) is 15.5 Å². The zero-order valence-electron chi connectivity index (χ0n) is 11.4. The van der Waals surface area contributed by atoms with Crippen LogP contribution in [-0.2, 0) is 4.79 Å². The molecule has 0 atom stereocenters. The fourth-order valence-corrected chi connectivity index (χ4v) is 3.67. The molecule has 2 heterocycles. The molecule has 2 nitrogen and oxygen atoms in total. The molecule has 3 rings (SSSR count). The fourth-order valence-electron chi connectivity index (χ4n) is 1.80. The van der Waals surface area contributed by atoms with Gasteiger partial charge in [-0.05, 0) is 53.9 Å². The Bertz CT molecular complexity index is 786. The first-order chi connectivity index (χ1) is 10.7. The van der Waals surface area contributed by atoms with Crippen LogP contribution in [0.3, 0.4) is 0 Å². The summed E-state index contributed by atoms with van der Waals surface area (Å²) in [5.41, 5.74) is 0. The Morgan fingerprint density at radius 1 is 1.05 bits per heavy atom. The monoisotopic (exact) mass is 346 g/mol. The normalized spacial score (nSPS) is 11.0. The van der Waals surface area contributed by atoms with Gasteiger partial charge in [-0.15, -0.1) is 22.7 Å². The first-order valence-electron chi connectivity index (χ1n) is 6.50. The molecular formula is C17H11ClO2S2. The maximum absolute atomic E-state index is 11.8. The van der Waals surface area contributed by atoms with Crippen molar-refractivity contribution in [1.29, 1.82) is 0 Å². The van der Waals surface area contributed by atoms with Crippen LogP contribution in [0.4, 0.5) is 0 Å². The highest BCUT2D eigenvalue weighted by molar-refractivity contribution is 7.21. The van der Waals surface area contributed by atoms with E-state index in [1.807, 2.05) is 17.5 Å². The van der Waals surface area contributed by atoms with Crippen molar-refractivity contribution >= 4 is 46.3 Å². The summed E-state index contributed by atoms with van der Waals surface area (Å²) in [6.45, 7) is 0. The molecule has 2 aromatic heterocycles. The number of benzene rings is 1. The Hall–Kier alpha value is -1.88. The smallest absolute Gasteiger partial charge is 0.336 e. The van der Waals surface area contributed by atoms with Crippen molar-refractivity contribution < 1.29 is 9.53 Å². The van der Waals surface area contributed by atoms with Gasteiger partial charge in [0.2, 0.25) is 0 Å². The van der Waals surface area contributed by atoms with Gasteiger partial charge in [0.25, 0.3) is 0 Å². The zero-order chi connectivity index (χ0) is 15.4. The lowest BCUT2D eigenvalue weighted by molar-refractivity contribution is -0.128. The summed E-state index contributed by atoms with van der Waals surface area (Å²) in [5.74, 6) is 0.0675. The van der Waals surface area contributed by atoms with Gasteiger partial charge < -0.3 is 4.74 Å². The molecule has 0 fully saturated rings. The first-order valence-corrected chi connectivity index (χ1v) is 8.57. The number of halogens is 1. The number of ether oxygens (including phenoxy) is 1. The van der Waals surface area contributed by atoms with E-state index in [4.69, 9.17) is 16.3 Å². The number of hydrogen-bond donors (Lipinski definition) is 0. The molecule has 0 saturated heterocycles. The van der Waals surface area contributed by atoms with E-state index in [2.05, 4.69) is 12.1 Å². The summed E-state index contributed by atoms with van der Waals surface area (Å²) >= 11 is 9.12. The number of thiophene rings is 2. The lowest BCUT2D eigenvalue weighted by Crippen LogP contribution is -2.03. The molecule has 0 aliphatic heterocycles. The van der Waals surface area contributed by atoms with Crippen molar-refractivity contribution in [2.75, 3.05) is 0 Å². The van der Waals surface area contributed by atoms with Gasteiger partial charge >= 0.3 is 5.97 Å².